The van der Waals surface area contributed by atoms with E-state index in [1.807, 2.05) is 49.1 Å². The van der Waals surface area contributed by atoms with Gasteiger partial charge in [0.15, 0.2) is 0 Å². The van der Waals surface area contributed by atoms with Crippen molar-refractivity contribution in [3.8, 4) is 0 Å². The van der Waals surface area contributed by atoms with Crippen molar-refractivity contribution < 1.29 is 9.59 Å². The number of benzene rings is 1. The Morgan fingerprint density at radius 3 is 2.25 bits per heavy atom. The lowest BCUT2D eigenvalue weighted by Crippen LogP contribution is -2.47. The summed E-state index contributed by atoms with van der Waals surface area (Å²) in [6.07, 6.45) is 1.60. The molecule has 1 heterocycles. The Bertz CT molecular complexity index is 535. The van der Waals surface area contributed by atoms with Crippen LogP contribution in [0.5, 0.6) is 0 Å². The maximum atomic E-state index is 13.1. The molecule has 0 aliphatic carbocycles. The van der Waals surface area contributed by atoms with Crippen LogP contribution < -0.4 is 5.32 Å². The maximum absolute atomic E-state index is 13.1. The molecule has 1 N–H and O–H groups in total. The molecule has 1 aliphatic rings. The molecule has 1 unspecified atom stereocenters. The number of carbonyl (C=O) groups excluding carboxylic acids is 2. The van der Waals surface area contributed by atoms with E-state index in [0.717, 1.165) is 31.5 Å². The van der Waals surface area contributed by atoms with Crippen molar-refractivity contribution in [2.75, 3.05) is 33.2 Å². The van der Waals surface area contributed by atoms with Gasteiger partial charge in [-0.05, 0) is 45.3 Å². The van der Waals surface area contributed by atoms with Gasteiger partial charge >= 0.3 is 0 Å². The first kappa shape index (κ1) is 18.5. The molecule has 0 saturated carbocycles. The molecule has 0 spiro atoms. The number of nitrogens with one attached hydrogen (secondary N) is 1. The molecule has 1 fully saturated rings. The van der Waals surface area contributed by atoms with Crippen molar-refractivity contribution in [2.45, 2.75) is 32.7 Å². The molecule has 0 bridgehead atoms. The highest BCUT2D eigenvalue weighted by molar-refractivity contribution is 5.83. The van der Waals surface area contributed by atoms with Crippen molar-refractivity contribution in [3.05, 3.63) is 35.9 Å². The second kappa shape index (κ2) is 8.83. The SMILES string of the molecule is CCN(CC)C(=O)C(c1ccccc1)N1CCC(C(=O)NC)CC1. The summed E-state index contributed by atoms with van der Waals surface area (Å²) in [5.41, 5.74) is 1.03. The van der Waals surface area contributed by atoms with E-state index in [9.17, 15) is 9.59 Å². The highest BCUT2D eigenvalue weighted by Crippen LogP contribution is 2.28. The monoisotopic (exact) mass is 331 g/mol. The van der Waals surface area contributed by atoms with Gasteiger partial charge in [-0.25, -0.2) is 0 Å². The van der Waals surface area contributed by atoms with Crippen LogP contribution in [0.25, 0.3) is 0 Å². The molecule has 1 saturated heterocycles. The van der Waals surface area contributed by atoms with Gasteiger partial charge in [-0.3, -0.25) is 14.5 Å². The first-order valence-corrected chi connectivity index (χ1v) is 8.91. The Kier molecular flexibility index (Phi) is 6.79. The number of hydrogen-bond acceptors (Lipinski definition) is 3. The van der Waals surface area contributed by atoms with Crippen LogP contribution in [0.2, 0.25) is 0 Å². The summed E-state index contributed by atoms with van der Waals surface area (Å²) in [6, 6.07) is 9.73. The average molecular weight is 331 g/mol. The van der Waals surface area contributed by atoms with E-state index < -0.39 is 0 Å². The summed E-state index contributed by atoms with van der Waals surface area (Å²) in [4.78, 5) is 29.0. The fraction of sp³-hybridized carbons (Fsp3) is 0.579. The highest BCUT2D eigenvalue weighted by Gasteiger charge is 2.34. The third kappa shape index (κ3) is 4.15. The molecule has 1 aliphatic heterocycles. The molecular formula is C19H29N3O2. The summed E-state index contributed by atoms with van der Waals surface area (Å²) >= 11 is 0. The first-order chi connectivity index (χ1) is 11.6. The Labute approximate surface area is 145 Å². The number of nitrogens with zero attached hydrogens (tertiary/aromatic N) is 2. The van der Waals surface area contributed by atoms with Gasteiger partial charge in [0.25, 0.3) is 0 Å². The third-order valence-electron chi connectivity index (χ3n) is 4.94. The van der Waals surface area contributed by atoms with Gasteiger partial charge in [-0.1, -0.05) is 30.3 Å². The van der Waals surface area contributed by atoms with Gasteiger partial charge in [0.05, 0.1) is 0 Å². The van der Waals surface area contributed by atoms with E-state index in [0.29, 0.717) is 13.1 Å². The molecule has 2 rings (SSSR count). The van der Waals surface area contributed by atoms with Crippen LogP contribution in [0.15, 0.2) is 30.3 Å². The largest absolute Gasteiger partial charge is 0.359 e. The average Bonchev–Trinajstić information content (AvgIpc) is 2.64. The molecule has 24 heavy (non-hydrogen) atoms. The summed E-state index contributed by atoms with van der Waals surface area (Å²) in [7, 11) is 1.69. The zero-order chi connectivity index (χ0) is 17.5. The van der Waals surface area contributed by atoms with Gasteiger partial charge in [-0.15, -0.1) is 0 Å². The zero-order valence-electron chi connectivity index (χ0n) is 15.0. The summed E-state index contributed by atoms with van der Waals surface area (Å²) < 4.78 is 0. The molecule has 0 radical (unpaired) electrons. The Morgan fingerprint density at radius 1 is 1.17 bits per heavy atom. The van der Waals surface area contributed by atoms with Crippen LogP contribution in [0.3, 0.4) is 0 Å². The molecule has 0 aromatic heterocycles. The lowest BCUT2D eigenvalue weighted by Gasteiger charge is -2.38. The number of likely N-dealkylation sites (N-methyl/N-ethyl adjacent to an activating group) is 1. The van der Waals surface area contributed by atoms with Crippen LogP contribution in [-0.4, -0.2) is 54.8 Å². The summed E-state index contributed by atoms with van der Waals surface area (Å²) in [5, 5.41) is 2.74. The van der Waals surface area contributed by atoms with Gasteiger partial charge in [0.2, 0.25) is 11.8 Å². The normalized spacial score (nSPS) is 17.3. The maximum Gasteiger partial charge on any atom is 0.244 e. The molecular weight excluding hydrogens is 302 g/mol. The fourth-order valence-corrected chi connectivity index (χ4v) is 3.48. The quantitative estimate of drug-likeness (QED) is 0.868. The van der Waals surface area contributed by atoms with Crippen molar-refractivity contribution in [2.24, 2.45) is 5.92 Å². The van der Waals surface area contributed by atoms with Gasteiger partial charge in [0, 0.05) is 26.1 Å². The number of rotatable bonds is 6. The fourth-order valence-electron chi connectivity index (χ4n) is 3.48. The van der Waals surface area contributed by atoms with Gasteiger partial charge < -0.3 is 10.2 Å². The number of piperidine rings is 1. The van der Waals surface area contributed by atoms with Gasteiger partial charge in [0.1, 0.15) is 6.04 Å². The van der Waals surface area contributed by atoms with E-state index in [1.54, 1.807) is 7.05 Å². The van der Waals surface area contributed by atoms with Crippen molar-refractivity contribution >= 4 is 11.8 Å². The number of amides is 2. The van der Waals surface area contributed by atoms with Gasteiger partial charge in [-0.2, -0.15) is 0 Å². The Balaban J connectivity index is 2.18. The van der Waals surface area contributed by atoms with E-state index >= 15 is 0 Å². The minimum absolute atomic E-state index is 0.0613. The zero-order valence-corrected chi connectivity index (χ0v) is 15.0. The molecule has 1 aromatic rings. The second-order valence-corrected chi connectivity index (χ2v) is 6.25. The summed E-state index contributed by atoms with van der Waals surface area (Å²) in [5.74, 6) is 0.330. The van der Waals surface area contributed by atoms with E-state index in [4.69, 9.17) is 0 Å². The smallest absolute Gasteiger partial charge is 0.244 e. The van der Waals surface area contributed by atoms with Crippen molar-refractivity contribution in [1.82, 2.24) is 15.1 Å². The van der Waals surface area contributed by atoms with Crippen molar-refractivity contribution in [3.63, 3.8) is 0 Å². The minimum atomic E-state index is -0.253. The first-order valence-electron chi connectivity index (χ1n) is 8.91. The Morgan fingerprint density at radius 2 is 1.75 bits per heavy atom. The van der Waals surface area contributed by atoms with E-state index in [1.165, 1.54) is 0 Å². The predicted molar refractivity (Wildman–Crippen MR) is 95.5 cm³/mol. The lowest BCUT2D eigenvalue weighted by molar-refractivity contribution is -0.138. The number of carbonyl (C=O) groups is 2. The number of likely N-dealkylation sites (tertiary alicyclic amines) is 1. The van der Waals surface area contributed by atoms with Crippen LogP contribution in [-0.2, 0) is 9.59 Å². The topological polar surface area (TPSA) is 52.7 Å². The van der Waals surface area contributed by atoms with Crippen molar-refractivity contribution in [1.29, 1.82) is 0 Å². The Hall–Kier alpha value is -1.88. The molecule has 5 nitrogen and oxygen atoms in total. The molecule has 5 heteroatoms. The second-order valence-electron chi connectivity index (χ2n) is 6.25. The lowest BCUT2D eigenvalue weighted by atomic mass is 9.93. The standard InChI is InChI=1S/C19H29N3O2/c1-4-21(5-2)19(24)17(15-9-7-6-8-10-15)22-13-11-16(12-14-22)18(23)20-3/h6-10,16-17H,4-5,11-14H2,1-3H3,(H,20,23). The van der Waals surface area contributed by atoms with E-state index in [-0.39, 0.29) is 23.8 Å². The van der Waals surface area contributed by atoms with Crippen LogP contribution in [0.4, 0.5) is 0 Å². The molecule has 1 atom stereocenters. The van der Waals surface area contributed by atoms with E-state index in [2.05, 4.69) is 10.2 Å². The highest BCUT2D eigenvalue weighted by atomic mass is 16.2. The van der Waals surface area contributed by atoms with Crippen LogP contribution in [0.1, 0.15) is 38.3 Å². The molecule has 1 aromatic carbocycles. The van der Waals surface area contributed by atoms with Crippen LogP contribution in [0, 0.1) is 5.92 Å². The minimum Gasteiger partial charge on any atom is -0.359 e. The number of hydrogen-bond donors (Lipinski definition) is 1. The summed E-state index contributed by atoms with van der Waals surface area (Å²) in [6.45, 7) is 7.00. The predicted octanol–water partition coefficient (Wildman–Crippen LogP) is 2.05. The molecule has 132 valence electrons. The third-order valence-corrected chi connectivity index (χ3v) is 4.94. The molecule has 2 amide bonds. The van der Waals surface area contributed by atoms with Crippen LogP contribution >= 0.6 is 0 Å².